The molecule has 0 spiro atoms. The molecule has 0 saturated heterocycles. The number of pyridine rings is 1. The molecule has 3 nitrogen and oxygen atoms in total. The lowest BCUT2D eigenvalue weighted by Crippen LogP contribution is -2.11. The number of alkyl halides is 1. The number of aromatic nitrogens is 3. The minimum Gasteiger partial charge on any atom is -0.310 e. The molecule has 0 aromatic carbocycles. The Hall–Kier alpha value is -1.09. The quantitative estimate of drug-likeness (QED) is 0.772. The summed E-state index contributed by atoms with van der Waals surface area (Å²) in [4.78, 5) is 9.16. The maximum atomic E-state index is 5.88. The van der Waals surface area contributed by atoms with Crippen LogP contribution in [0.2, 0.25) is 0 Å². The van der Waals surface area contributed by atoms with Gasteiger partial charge in [0, 0.05) is 24.5 Å². The zero-order valence-corrected chi connectivity index (χ0v) is 11.4. The number of nitrogens with zero attached hydrogens (tertiary/aromatic N) is 3. The van der Waals surface area contributed by atoms with Gasteiger partial charge < -0.3 is 4.57 Å². The van der Waals surface area contributed by atoms with Crippen LogP contribution in [0.15, 0.2) is 18.3 Å². The first kappa shape index (κ1) is 12.0. The molecule has 1 unspecified atom stereocenters. The molecule has 0 amide bonds. The van der Waals surface area contributed by atoms with E-state index in [9.17, 15) is 0 Å². The molecule has 2 aromatic rings. The number of hydrogen-bond donors (Lipinski definition) is 0. The number of rotatable bonds is 5. The molecule has 0 N–H and O–H groups in total. The standard InChI is InChI=1S/C14H18ClN3/c1-10(9-11-4-5-11)18-13(6-7-15)17-12-3-2-8-16-14(12)18/h2-3,8,10-11H,4-7,9H2,1H3. The van der Waals surface area contributed by atoms with Gasteiger partial charge >= 0.3 is 0 Å². The normalized spacial score (nSPS) is 17.2. The van der Waals surface area contributed by atoms with E-state index in [0.717, 1.165) is 29.3 Å². The summed E-state index contributed by atoms with van der Waals surface area (Å²) in [5, 5.41) is 0. The second-order valence-electron chi connectivity index (χ2n) is 5.21. The van der Waals surface area contributed by atoms with Gasteiger partial charge in [0.25, 0.3) is 0 Å². The minimum atomic E-state index is 0.468. The van der Waals surface area contributed by atoms with Crippen molar-refractivity contribution in [2.24, 2.45) is 5.92 Å². The highest BCUT2D eigenvalue weighted by Crippen LogP contribution is 2.37. The summed E-state index contributed by atoms with van der Waals surface area (Å²) in [6.45, 7) is 2.27. The van der Waals surface area contributed by atoms with Gasteiger partial charge in [-0.15, -0.1) is 11.6 Å². The molecule has 2 heterocycles. The third kappa shape index (κ3) is 2.24. The molecule has 4 heteroatoms. The number of halogens is 1. The van der Waals surface area contributed by atoms with Crippen LogP contribution in [0.25, 0.3) is 11.2 Å². The van der Waals surface area contributed by atoms with Crippen LogP contribution in [0, 0.1) is 5.92 Å². The molecule has 1 saturated carbocycles. The van der Waals surface area contributed by atoms with E-state index in [-0.39, 0.29) is 0 Å². The molecule has 1 aliphatic carbocycles. The maximum absolute atomic E-state index is 5.88. The van der Waals surface area contributed by atoms with E-state index in [2.05, 4.69) is 21.5 Å². The first-order chi connectivity index (χ1) is 8.79. The smallest absolute Gasteiger partial charge is 0.160 e. The van der Waals surface area contributed by atoms with Gasteiger partial charge in [-0.05, 0) is 31.4 Å². The van der Waals surface area contributed by atoms with E-state index < -0.39 is 0 Å². The second-order valence-corrected chi connectivity index (χ2v) is 5.59. The van der Waals surface area contributed by atoms with Gasteiger partial charge in [0.2, 0.25) is 0 Å². The summed E-state index contributed by atoms with van der Waals surface area (Å²) < 4.78 is 2.29. The Balaban J connectivity index is 2.01. The van der Waals surface area contributed by atoms with Crippen molar-refractivity contribution in [3.8, 4) is 0 Å². The Morgan fingerprint density at radius 2 is 2.33 bits per heavy atom. The number of imidazole rings is 1. The molecule has 1 aliphatic rings. The first-order valence-electron chi connectivity index (χ1n) is 6.67. The van der Waals surface area contributed by atoms with Crippen molar-refractivity contribution in [3.63, 3.8) is 0 Å². The zero-order chi connectivity index (χ0) is 12.5. The van der Waals surface area contributed by atoms with Crippen LogP contribution < -0.4 is 0 Å². The monoisotopic (exact) mass is 263 g/mol. The summed E-state index contributed by atoms with van der Waals surface area (Å²) in [6.07, 6.45) is 6.66. The Labute approximate surface area is 112 Å². The third-order valence-corrected chi connectivity index (χ3v) is 3.84. The largest absolute Gasteiger partial charge is 0.310 e. The van der Waals surface area contributed by atoms with Crippen LogP contribution >= 0.6 is 11.6 Å². The molecule has 18 heavy (non-hydrogen) atoms. The van der Waals surface area contributed by atoms with Crippen LogP contribution in [-0.2, 0) is 6.42 Å². The van der Waals surface area contributed by atoms with Crippen molar-refractivity contribution in [2.45, 2.75) is 38.6 Å². The van der Waals surface area contributed by atoms with E-state index >= 15 is 0 Å². The molecule has 0 bridgehead atoms. The van der Waals surface area contributed by atoms with Gasteiger partial charge in [-0.2, -0.15) is 0 Å². The topological polar surface area (TPSA) is 30.7 Å². The Kier molecular flexibility index (Phi) is 3.25. The number of aryl methyl sites for hydroxylation is 1. The first-order valence-corrected chi connectivity index (χ1v) is 7.21. The van der Waals surface area contributed by atoms with E-state index in [0.29, 0.717) is 11.9 Å². The van der Waals surface area contributed by atoms with Crippen LogP contribution in [0.1, 0.15) is 38.1 Å². The summed E-state index contributed by atoms with van der Waals surface area (Å²) in [6, 6.07) is 4.44. The van der Waals surface area contributed by atoms with Crippen molar-refractivity contribution >= 4 is 22.8 Å². The molecule has 96 valence electrons. The van der Waals surface area contributed by atoms with Crippen LogP contribution in [0.4, 0.5) is 0 Å². The average molecular weight is 264 g/mol. The molecule has 0 radical (unpaired) electrons. The van der Waals surface area contributed by atoms with Crippen molar-refractivity contribution in [2.75, 3.05) is 5.88 Å². The number of hydrogen-bond acceptors (Lipinski definition) is 2. The molecular formula is C14H18ClN3. The van der Waals surface area contributed by atoms with Crippen LogP contribution in [0.5, 0.6) is 0 Å². The highest BCUT2D eigenvalue weighted by molar-refractivity contribution is 6.17. The van der Waals surface area contributed by atoms with Crippen LogP contribution in [0.3, 0.4) is 0 Å². The van der Waals surface area contributed by atoms with Gasteiger partial charge in [0.1, 0.15) is 11.3 Å². The summed E-state index contributed by atoms with van der Waals surface area (Å²) in [5.41, 5.74) is 1.99. The highest BCUT2D eigenvalue weighted by Gasteiger charge is 2.26. The Morgan fingerprint density at radius 1 is 1.50 bits per heavy atom. The van der Waals surface area contributed by atoms with Crippen LogP contribution in [-0.4, -0.2) is 20.4 Å². The van der Waals surface area contributed by atoms with Crippen molar-refractivity contribution in [1.29, 1.82) is 0 Å². The molecule has 2 aromatic heterocycles. The summed E-state index contributed by atoms with van der Waals surface area (Å²) in [7, 11) is 0. The predicted octanol–water partition coefficient (Wildman–Crippen LogP) is 3.57. The summed E-state index contributed by atoms with van der Waals surface area (Å²) >= 11 is 5.88. The Bertz CT molecular complexity index is 545. The second kappa shape index (κ2) is 4.88. The lowest BCUT2D eigenvalue weighted by molar-refractivity contribution is 0.471. The van der Waals surface area contributed by atoms with Gasteiger partial charge in [-0.3, -0.25) is 0 Å². The van der Waals surface area contributed by atoms with Gasteiger partial charge in [0.15, 0.2) is 5.65 Å². The maximum Gasteiger partial charge on any atom is 0.160 e. The predicted molar refractivity (Wildman–Crippen MR) is 74.0 cm³/mol. The van der Waals surface area contributed by atoms with Gasteiger partial charge in [-0.25, -0.2) is 9.97 Å². The molecule has 1 fully saturated rings. The van der Waals surface area contributed by atoms with E-state index in [4.69, 9.17) is 11.6 Å². The zero-order valence-electron chi connectivity index (χ0n) is 10.6. The van der Waals surface area contributed by atoms with E-state index in [1.807, 2.05) is 18.3 Å². The number of fused-ring (bicyclic) bond motifs is 1. The Morgan fingerprint density at radius 3 is 3.06 bits per heavy atom. The van der Waals surface area contributed by atoms with Crippen molar-refractivity contribution < 1.29 is 0 Å². The molecule has 3 rings (SSSR count). The average Bonchev–Trinajstić information content (AvgIpc) is 3.09. The minimum absolute atomic E-state index is 0.468. The molecular weight excluding hydrogens is 246 g/mol. The highest BCUT2D eigenvalue weighted by atomic mass is 35.5. The van der Waals surface area contributed by atoms with Gasteiger partial charge in [0.05, 0.1) is 0 Å². The fraction of sp³-hybridized carbons (Fsp3) is 0.571. The lowest BCUT2D eigenvalue weighted by atomic mass is 10.1. The SMILES string of the molecule is CC(CC1CC1)n1c(CCCl)nc2cccnc21. The fourth-order valence-electron chi connectivity index (χ4n) is 2.64. The summed E-state index contributed by atoms with van der Waals surface area (Å²) in [5.74, 6) is 2.59. The van der Waals surface area contributed by atoms with Crippen molar-refractivity contribution in [3.05, 3.63) is 24.2 Å². The third-order valence-electron chi connectivity index (χ3n) is 3.65. The van der Waals surface area contributed by atoms with Crippen molar-refractivity contribution in [1.82, 2.24) is 14.5 Å². The fourth-order valence-corrected chi connectivity index (χ4v) is 2.81. The lowest BCUT2D eigenvalue weighted by Gasteiger charge is -2.16. The van der Waals surface area contributed by atoms with E-state index in [1.54, 1.807) is 0 Å². The molecule has 0 aliphatic heterocycles. The van der Waals surface area contributed by atoms with Gasteiger partial charge in [-0.1, -0.05) is 12.8 Å². The van der Waals surface area contributed by atoms with E-state index in [1.165, 1.54) is 19.3 Å². The molecule has 1 atom stereocenters.